The van der Waals surface area contributed by atoms with E-state index in [0.717, 1.165) is 29.5 Å². The van der Waals surface area contributed by atoms with Gasteiger partial charge in [0, 0.05) is 5.56 Å². The van der Waals surface area contributed by atoms with Crippen LogP contribution in [-0.2, 0) is 14.3 Å². The van der Waals surface area contributed by atoms with Gasteiger partial charge in [-0.2, -0.15) is 0 Å². The van der Waals surface area contributed by atoms with Gasteiger partial charge in [0.2, 0.25) is 5.12 Å². The zero-order valence-electron chi connectivity index (χ0n) is 15.3. The van der Waals surface area contributed by atoms with E-state index in [0.29, 0.717) is 27.7 Å². The molecule has 1 aliphatic rings. The number of nitrogens with one attached hydrogen (secondary N) is 1. The number of esters is 2. The van der Waals surface area contributed by atoms with Crippen LogP contribution in [0.1, 0.15) is 39.3 Å². The van der Waals surface area contributed by atoms with Gasteiger partial charge < -0.3 is 10.1 Å². The molecule has 1 aromatic heterocycles. The molecule has 0 aliphatic carbocycles. The average molecular weight is 452 g/mol. The van der Waals surface area contributed by atoms with Crippen LogP contribution in [0, 0.1) is 0 Å². The maximum absolute atomic E-state index is 12.9. The molecule has 9 heteroatoms. The highest BCUT2D eigenvalue weighted by molar-refractivity contribution is 8.15. The summed E-state index contributed by atoms with van der Waals surface area (Å²) in [6.45, 7) is 0.690. The molecule has 6 nitrogen and oxygen atoms in total. The van der Waals surface area contributed by atoms with Gasteiger partial charge >= 0.3 is 11.9 Å². The van der Waals surface area contributed by atoms with Crippen molar-refractivity contribution in [3.05, 3.63) is 57.2 Å². The van der Waals surface area contributed by atoms with Crippen LogP contribution in [0.5, 0.6) is 0 Å². The highest BCUT2D eigenvalue weighted by Gasteiger charge is 2.31. The van der Waals surface area contributed by atoms with E-state index in [1.807, 2.05) is 0 Å². The number of carbonyl (C=O) groups is 4. The van der Waals surface area contributed by atoms with Crippen molar-refractivity contribution in [3.63, 3.8) is 0 Å². The maximum atomic E-state index is 12.9. The van der Waals surface area contributed by atoms with Gasteiger partial charge in [-0.15, -0.1) is 11.3 Å². The SMILES string of the molecule is O=C(CC(SC(=O)c1ccccc1)C(=O)c1ccc(Cl)s1)OC(=O)[C@@H]1CCCN1. The van der Waals surface area contributed by atoms with E-state index in [9.17, 15) is 19.2 Å². The Morgan fingerprint density at radius 2 is 1.93 bits per heavy atom. The molecule has 0 bridgehead atoms. The van der Waals surface area contributed by atoms with Crippen LogP contribution in [0.4, 0.5) is 0 Å². The average Bonchev–Trinajstić information content (AvgIpc) is 3.39. The standard InChI is InChI=1S/C20H18ClNO5S2/c21-16-9-8-14(28-16)18(24)15(29-20(26)12-5-2-1-3-6-12)11-17(23)27-19(25)13-7-4-10-22-13/h1-3,5-6,8-9,13,15,22H,4,7,10-11H2/t13-,15?/m0/s1. The van der Waals surface area contributed by atoms with Crippen molar-refractivity contribution in [2.75, 3.05) is 6.54 Å². The van der Waals surface area contributed by atoms with E-state index in [2.05, 4.69) is 5.32 Å². The van der Waals surface area contributed by atoms with Gasteiger partial charge in [-0.05, 0) is 31.5 Å². The van der Waals surface area contributed by atoms with E-state index in [4.69, 9.17) is 16.3 Å². The fraction of sp³-hybridized carbons (Fsp3) is 0.300. The molecule has 1 N–H and O–H groups in total. The highest BCUT2D eigenvalue weighted by atomic mass is 35.5. The molecule has 2 aromatic rings. The number of halogens is 1. The molecule has 1 fully saturated rings. The Hall–Kier alpha value is -2.00. The van der Waals surface area contributed by atoms with Crippen molar-refractivity contribution in [2.24, 2.45) is 0 Å². The predicted molar refractivity (Wildman–Crippen MR) is 113 cm³/mol. The summed E-state index contributed by atoms with van der Waals surface area (Å²) in [5.74, 6) is -1.89. The van der Waals surface area contributed by atoms with Crippen molar-refractivity contribution >= 4 is 57.5 Å². The summed E-state index contributed by atoms with van der Waals surface area (Å²) in [6, 6.07) is 11.1. The highest BCUT2D eigenvalue weighted by Crippen LogP contribution is 2.29. The first kappa shape index (κ1) is 21.7. The van der Waals surface area contributed by atoms with Crippen LogP contribution in [-0.4, -0.2) is 40.7 Å². The van der Waals surface area contributed by atoms with Crippen molar-refractivity contribution in [2.45, 2.75) is 30.6 Å². The first-order valence-corrected chi connectivity index (χ1v) is 11.0. The molecule has 3 rings (SSSR count). The molecular formula is C20H18ClNO5S2. The second kappa shape index (κ2) is 10.2. The van der Waals surface area contributed by atoms with E-state index in [1.54, 1.807) is 42.5 Å². The summed E-state index contributed by atoms with van der Waals surface area (Å²) < 4.78 is 5.33. The van der Waals surface area contributed by atoms with E-state index in [-0.39, 0.29) is 5.12 Å². The fourth-order valence-corrected chi connectivity index (χ4v) is 4.92. The second-order valence-electron chi connectivity index (χ2n) is 6.37. The minimum absolute atomic E-state index is 0.338. The summed E-state index contributed by atoms with van der Waals surface area (Å²) in [4.78, 5) is 50.1. The quantitative estimate of drug-likeness (QED) is 0.389. The molecule has 0 amide bonds. The molecule has 1 saturated heterocycles. The third-order valence-corrected chi connectivity index (χ3v) is 6.64. The number of benzene rings is 1. The Morgan fingerprint density at radius 3 is 2.55 bits per heavy atom. The topological polar surface area (TPSA) is 89.5 Å². The van der Waals surface area contributed by atoms with Crippen molar-refractivity contribution in [1.82, 2.24) is 5.32 Å². The minimum Gasteiger partial charge on any atom is -0.392 e. The largest absolute Gasteiger partial charge is 0.392 e. The first-order valence-electron chi connectivity index (χ1n) is 8.97. The third-order valence-electron chi connectivity index (χ3n) is 4.28. The fourth-order valence-electron chi connectivity index (χ4n) is 2.83. The molecule has 0 saturated carbocycles. The number of Topliss-reactive ketones (excluding diaryl/α,β-unsaturated/α-hetero) is 1. The summed E-state index contributed by atoms with van der Waals surface area (Å²) in [5.41, 5.74) is 0.416. The number of hydrogen-bond donors (Lipinski definition) is 1. The lowest BCUT2D eigenvalue weighted by atomic mass is 10.2. The zero-order valence-corrected chi connectivity index (χ0v) is 17.6. The van der Waals surface area contributed by atoms with Gasteiger partial charge in [-0.25, -0.2) is 4.79 Å². The van der Waals surface area contributed by atoms with Crippen molar-refractivity contribution in [3.8, 4) is 0 Å². The van der Waals surface area contributed by atoms with Gasteiger partial charge in [0.05, 0.1) is 20.9 Å². The van der Waals surface area contributed by atoms with Crippen LogP contribution >= 0.6 is 34.7 Å². The van der Waals surface area contributed by atoms with E-state index in [1.165, 1.54) is 0 Å². The summed E-state index contributed by atoms with van der Waals surface area (Å²) >= 11 is 7.72. The number of rotatable bonds is 7. The van der Waals surface area contributed by atoms with Gasteiger partial charge in [0.25, 0.3) is 0 Å². The third kappa shape index (κ3) is 5.99. The van der Waals surface area contributed by atoms with Crippen LogP contribution in [0.3, 0.4) is 0 Å². The molecule has 0 radical (unpaired) electrons. The lowest BCUT2D eigenvalue weighted by Gasteiger charge is -2.14. The Labute approximate surface area is 181 Å². The first-order chi connectivity index (χ1) is 13.9. The molecular weight excluding hydrogens is 434 g/mol. The Balaban J connectivity index is 1.71. The van der Waals surface area contributed by atoms with Crippen molar-refractivity contribution < 1.29 is 23.9 Å². The van der Waals surface area contributed by atoms with Crippen LogP contribution in [0.25, 0.3) is 0 Å². The zero-order chi connectivity index (χ0) is 20.8. The van der Waals surface area contributed by atoms with Gasteiger partial charge in [0.1, 0.15) is 6.04 Å². The molecule has 1 aliphatic heterocycles. The molecule has 1 aromatic carbocycles. The van der Waals surface area contributed by atoms with Gasteiger partial charge in [-0.1, -0.05) is 53.7 Å². The maximum Gasteiger partial charge on any atom is 0.330 e. The minimum atomic E-state index is -1.02. The summed E-state index contributed by atoms with van der Waals surface area (Å²) in [5, 5.41) is 1.59. The van der Waals surface area contributed by atoms with Crippen LogP contribution < -0.4 is 5.32 Å². The molecule has 152 valence electrons. The number of carbonyl (C=O) groups excluding carboxylic acids is 4. The number of hydrogen-bond acceptors (Lipinski definition) is 8. The number of ketones is 1. The van der Waals surface area contributed by atoms with E-state index < -0.39 is 35.4 Å². The Bertz CT molecular complexity index is 909. The molecule has 29 heavy (non-hydrogen) atoms. The van der Waals surface area contributed by atoms with E-state index >= 15 is 0 Å². The summed E-state index contributed by atoms with van der Waals surface area (Å²) in [7, 11) is 0. The predicted octanol–water partition coefficient (Wildman–Crippen LogP) is 3.74. The monoisotopic (exact) mass is 451 g/mol. The second-order valence-corrected chi connectivity index (χ2v) is 9.26. The Morgan fingerprint density at radius 1 is 1.17 bits per heavy atom. The van der Waals surface area contributed by atoms with Gasteiger partial charge in [0.15, 0.2) is 5.78 Å². The Kier molecular flexibility index (Phi) is 7.60. The van der Waals surface area contributed by atoms with Gasteiger partial charge in [-0.3, -0.25) is 14.4 Å². The normalized spacial score (nSPS) is 16.9. The summed E-state index contributed by atoms with van der Waals surface area (Å²) in [6.07, 6.45) is 1.04. The van der Waals surface area contributed by atoms with Crippen LogP contribution in [0.2, 0.25) is 4.34 Å². The van der Waals surface area contributed by atoms with Crippen LogP contribution in [0.15, 0.2) is 42.5 Å². The number of ether oxygens (including phenoxy) is 1. The molecule has 2 atom stereocenters. The number of thioether (sulfide) groups is 1. The molecule has 1 unspecified atom stereocenters. The van der Waals surface area contributed by atoms with Crippen molar-refractivity contribution in [1.29, 1.82) is 0 Å². The molecule has 2 heterocycles. The number of thiophene rings is 1. The molecule has 0 spiro atoms. The lowest BCUT2D eigenvalue weighted by Crippen LogP contribution is -2.35. The smallest absolute Gasteiger partial charge is 0.330 e. The lowest BCUT2D eigenvalue weighted by molar-refractivity contribution is -0.160.